The zero-order valence-electron chi connectivity index (χ0n) is 18.9. The number of alkyl halides is 3. The average molecular weight is 483 g/mol. The van der Waals surface area contributed by atoms with Gasteiger partial charge in [-0.1, -0.05) is 42.5 Å². The predicted octanol–water partition coefficient (Wildman–Crippen LogP) is 5.17. The number of nitrogens with zero attached hydrogens (tertiary/aromatic N) is 1. The van der Waals surface area contributed by atoms with Crippen molar-refractivity contribution in [3.05, 3.63) is 90.0 Å². The number of carbonyl (C=O) groups excluding carboxylic acids is 2. The van der Waals surface area contributed by atoms with Crippen LogP contribution in [0.15, 0.2) is 78.9 Å². The second kappa shape index (κ2) is 10.6. The van der Waals surface area contributed by atoms with Crippen molar-refractivity contribution in [3.8, 4) is 16.9 Å². The van der Waals surface area contributed by atoms with Crippen LogP contribution in [0.3, 0.4) is 0 Å². The van der Waals surface area contributed by atoms with Crippen LogP contribution in [0.2, 0.25) is 0 Å². The summed E-state index contributed by atoms with van der Waals surface area (Å²) in [7, 11) is 0. The monoisotopic (exact) mass is 482 g/mol. The summed E-state index contributed by atoms with van der Waals surface area (Å²) in [5.74, 6) is -0.140. The lowest BCUT2D eigenvalue weighted by Crippen LogP contribution is -2.46. The number of amides is 2. The zero-order chi connectivity index (χ0) is 24.8. The molecule has 1 aliphatic heterocycles. The summed E-state index contributed by atoms with van der Waals surface area (Å²) in [5, 5.41) is 2.67. The number of benzene rings is 3. The molecule has 2 amide bonds. The first-order valence-corrected chi connectivity index (χ1v) is 11.3. The number of likely N-dealkylation sites (tertiary alicyclic amines) is 1. The number of halogens is 3. The van der Waals surface area contributed by atoms with E-state index in [9.17, 15) is 22.8 Å². The van der Waals surface area contributed by atoms with E-state index < -0.39 is 11.7 Å². The van der Waals surface area contributed by atoms with Gasteiger partial charge in [0.25, 0.3) is 5.91 Å². The minimum Gasteiger partial charge on any atom is -0.490 e. The fourth-order valence-electron chi connectivity index (χ4n) is 3.95. The molecule has 5 nitrogen and oxygen atoms in total. The minimum absolute atomic E-state index is 0.107. The SMILES string of the molecule is O=C(NCC(=O)N1CCC(Oc2ccc(C(F)(F)F)cc2)CC1)c1ccc(-c2ccccc2)cc1. The third-order valence-electron chi connectivity index (χ3n) is 5.93. The van der Waals surface area contributed by atoms with Crippen LogP contribution in [-0.4, -0.2) is 42.5 Å². The van der Waals surface area contributed by atoms with Crippen molar-refractivity contribution >= 4 is 11.8 Å². The molecule has 0 aliphatic carbocycles. The van der Waals surface area contributed by atoms with E-state index in [0.29, 0.717) is 37.2 Å². The molecule has 0 bridgehead atoms. The standard InChI is InChI=1S/C27H25F3N2O3/c28-27(29,30)22-10-12-23(13-11-22)35-24-14-16-32(17-15-24)25(33)18-31-26(34)21-8-6-20(7-9-21)19-4-2-1-3-5-19/h1-13,24H,14-18H2,(H,31,34). The van der Waals surface area contributed by atoms with Crippen molar-refractivity contribution in [2.45, 2.75) is 25.1 Å². The molecule has 1 fully saturated rings. The lowest BCUT2D eigenvalue weighted by molar-refractivity contribution is -0.137. The number of hydrogen-bond donors (Lipinski definition) is 1. The lowest BCUT2D eigenvalue weighted by atomic mass is 10.0. The number of piperidine rings is 1. The molecule has 0 radical (unpaired) electrons. The fourth-order valence-corrected chi connectivity index (χ4v) is 3.95. The maximum Gasteiger partial charge on any atom is 0.416 e. The molecule has 0 spiro atoms. The molecular weight excluding hydrogens is 457 g/mol. The maximum atomic E-state index is 12.7. The average Bonchev–Trinajstić information content (AvgIpc) is 2.88. The van der Waals surface area contributed by atoms with Gasteiger partial charge in [0, 0.05) is 31.5 Å². The van der Waals surface area contributed by atoms with Gasteiger partial charge in [-0.15, -0.1) is 0 Å². The third kappa shape index (κ3) is 6.41. The van der Waals surface area contributed by atoms with Crippen molar-refractivity contribution < 1.29 is 27.5 Å². The first-order chi connectivity index (χ1) is 16.8. The molecule has 182 valence electrons. The topological polar surface area (TPSA) is 58.6 Å². The molecule has 0 aromatic heterocycles. The Morgan fingerprint density at radius 2 is 1.46 bits per heavy atom. The summed E-state index contributed by atoms with van der Waals surface area (Å²) in [6, 6.07) is 21.6. The van der Waals surface area contributed by atoms with Crippen molar-refractivity contribution in [3.63, 3.8) is 0 Å². The van der Waals surface area contributed by atoms with Crippen molar-refractivity contribution in [1.82, 2.24) is 10.2 Å². The number of hydrogen-bond acceptors (Lipinski definition) is 3. The summed E-state index contributed by atoms with van der Waals surface area (Å²) in [6.07, 6.45) is -3.46. The molecule has 0 saturated carbocycles. The molecule has 4 rings (SSSR count). The van der Waals surface area contributed by atoms with Crippen LogP contribution in [0.5, 0.6) is 5.75 Å². The van der Waals surface area contributed by atoms with Gasteiger partial charge < -0.3 is 15.0 Å². The first-order valence-electron chi connectivity index (χ1n) is 11.3. The van der Waals surface area contributed by atoms with Crippen molar-refractivity contribution in [2.75, 3.05) is 19.6 Å². The molecule has 1 heterocycles. The Bertz CT molecular complexity index is 1140. The van der Waals surface area contributed by atoms with Gasteiger partial charge in [0.1, 0.15) is 11.9 Å². The molecule has 35 heavy (non-hydrogen) atoms. The van der Waals surface area contributed by atoms with E-state index in [1.54, 1.807) is 17.0 Å². The quantitative estimate of drug-likeness (QED) is 0.527. The van der Waals surface area contributed by atoms with Gasteiger partial charge in [0.05, 0.1) is 12.1 Å². The number of rotatable bonds is 6. The van der Waals surface area contributed by atoms with Crippen LogP contribution in [0, 0.1) is 0 Å². The lowest BCUT2D eigenvalue weighted by Gasteiger charge is -2.32. The molecule has 1 N–H and O–H groups in total. The Morgan fingerprint density at radius 3 is 2.06 bits per heavy atom. The van der Waals surface area contributed by atoms with Gasteiger partial charge >= 0.3 is 6.18 Å². The molecule has 8 heteroatoms. The van der Waals surface area contributed by atoms with Gasteiger partial charge in [0.15, 0.2) is 0 Å². The Balaban J connectivity index is 1.21. The minimum atomic E-state index is -4.38. The van der Waals surface area contributed by atoms with Gasteiger partial charge in [-0.2, -0.15) is 13.2 Å². The van der Waals surface area contributed by atoms with Crippen LogP contribution in [0.25, 0.3) is 11.1 Å². The van der Waals surface area contributed by atoms with Gasteiger partial charge in [-0.05, 0) is 47.5 Å². The molecule has 3 aromatic carbocycles. The Hall–Kier alpha value is -3.81. The van der Waals surface area contributed by atoms with Crippen LogP contribution >= 0.6 is 0 Å². The summed E-state index contributed by atoms with van der Waals surface area (Å²) >= 11 is 0. The second-order valence-electron chi connectivity index (χ2n) is 8.35. The van der Waals surface area contributed by atoms with Crippen molar-refractivity contribution in [1.29, 1.82) is 0 Å². The molecule has 1 aliphatic rings. The first kappa shape index (κ1) is 24.3. The van der Waals surface area contributed by atoms with Crippen LogP contribution in [0.4, 0.5) is 13.2 Å². The highest BCUT2D eigenvalue weighted by atomic mass is 19.4. The predicted molar refractivity (Wildman–Crippen MR) is 126 cm³/mol. The van der Waals surface area contributed by atoms with Crippen LogP contribution < -0.4 is 10.1 Å². The molecular formula is C27H25F3N2O3. The highest BCUT2D eigenvalue weighted by Gasteiger charge is 2.30. The van der Waals surface area contributed by atoms with Gasteiger partial charge in [0.2, 0.25) is 5.91 Å². The Labute approximate surface area is 201 Å². The Morgan fingerprint density at radius 1 is 0.857 bits per heavy atom. The highest BCUT2D eigenvalue weighted by molar-refractivity contribution is 5.96. The Kier molecular flexibility index (Phi) is 7.39. The normalized spacial score (nSPS) is 14.4. The molecule has 3 aromatic rings. The van der Waals surface area contributed by atoms with Gasteiger partial charge in [-0.25, -0.2) is 0 Å². The van der Waals surface area contributed by atoms with E-state index in [0.717, 1.165) is 23.3 Å². The van der Waals surface area contributed by atoms with E-state index in [4.69, 9.17) is 4.74 Å². The van der Waals surface area contributed by atoms with Crippen molar-refractivity contribution in [2.24, 2.45) is 0 Å². The fraction of sp³-hybridized carbons (Fsp3) is 0.259. The zero-order valence-corrected chi connectivity index (χ0v) is 18.9. The largest absolute Gasteiger partial charge is 0.490 e. The summed E-state index contributed by atoms with van der Waals surface area (Å²) in [4.78, 5) is 26.6. The second-order valence-corrected chi connectivity index (χ2v) is 8.35. The number of carbonyl (C=O) groups is 2. The number of nitrogens with one attached hydrogen (secondary N) is 1. The summed E-state index contributed by atoms with van der Waals surface area (Å²) in [5.41, 5.74) is 1.81. The summed E-state index contributed by atoms with van der Waals surface area (Å²) < 4.78 is 43.8. The number of ether oxygens (including phenoxy) is 1. The molecule has 1 saturated heterocycles. The van der Waals surface area contributed by atoms with Crippen LogP contribution in [-0.2, 0) is 11.0 Å². The van der Waals surface area contributed by atoms with Gasteiger partial charge in [-0.3, -0.25) is 9.59 Å². The van der Waals surface area contributed by atoms with E-state index in [2.05, 4.69) is 5.32 Å². The smallest absolute Gasteiger partial charge is 0.416 e. The van der Waals surface area contributed by atoms with E-state index >= 15 is 0 Å². The molecule has 0 atom stereocenters. The molecule has 0 unspecified atom stereocenters. The third-order valence-corrected chi connectivity index (χ3v) is 5.93. The highest BCUT2D eigenvalue weighted by Crippen LogP contribution is 2.31. The van der Waals surface area contributed by atoms with E-state index in [1.807, 2.05) is 42.5 Å². The van der Waals surface area contributed by atoms with Crippen LogP contribution in [0.1, 0.15) is 28.8 Å². The van der Waals surface area contributed by atoms with E-state index in [1.165, 1.54) is 12.1 Å². The maximum absolute atomic E-state index is 12.7. The van der Waals surface area contributed by atoms with E-state index in [-0.39, 0.29) is 24.5 Å². The summed E-state index contributed by atoms with van der Waals surface area (Å²) in [6.45, 7) is 0.793.